The molecule has 366 valence electrons. The number of phenolic OH excluding ortho intramolecular Hbond substituents is 2. The monoisotopic (exact) mass is 964 g/mol. The number of methoxy groups -OCH3 is 1. The van der Waals surface area contributed by atoms with E-state index >= 15 is 0 Å². The van der Waals surface area contributed by atoms with E-state index in [2.05, 4.69) is 41.1 Å². The lowest BCUT2D eigenvalue weighted by molar-refractivity contribution is 0.0940. The van der Waals surface area contributed by atoms with E-state index < -0.39 is 17.9 Å². The Kier molecular flexibility index (Phi) is 14.8. The van der Waals surface area contributed by atoms with E-state index in [1.165, 1.54) is 30.1 Å². The second-order valence-corrected chi connectivity index (χ2v) is 16.7. The summed E-state index contributed by atoms with van der Waals surface area (Å²) in [6.45, 7) is 7.61. The zero-order valence-corrected chi connectivity index (χ0v) is 39.4. The fourth-order valence-corrected chi connectivity index (χ4v) is 7.98. The van der Waals surface area contributed by atoms with Gasteiger partial charge in [0.05, 0.1) is 24.8 Å². The number of fused-ring (bicyclic) bond motifs is 3. The van der Waals surface area contributed by atoms with Crippen molar-refractivity contribution in [3.05, 3.63) is 119 Å². The molecule has 0 bridgehead atoms. The van der Waals surface area contributed by atoms with Crippen LogP contribution in [0, 0.1) is 0 Å². The summed E-state index contributed by atoms with van der Waals surface area (Å²) < 4.78 is 20.6. The predicted molar refractivity (Wildman–Crippen MR) is 261 cm³/mol. The van der Waals surface area contributed by atoms with Crippen molar-refractivity contribution in [3.63, 3.8) is 0 Å². The normalized spacial score (nSPS) is 12.1. The minimum atomic E-state index is -0.628. The quantitative estimate of drug-likeness (QED) is 0.0433. The van der Waals surface area contributed by atoms with Crippen molar-refractivity contribution in [2.75, 3.05) is 44.4 Å². The van der Waals surface area contributed by atoms with E-state index in [-0.39, 0.29) is 77.1 Å². The lowest BCUT2D eigenvalue weighted by Gasteiger charge is -2.15. The molecule has 3 amide bonds. The van der Waals surface area contributed by atoms with Gasteiger partial charge in [0.25, 0.3) is 11.8 Å². The highest BCUT2D eigenvalue weighted by Gasteiger charge is 2.25. The molecule has 0 atom stereocenters. The molecule has 1 aliphatic rings. The third-order valence-corrected chi connectivity index (χ3v) is 11.5. The van der Waals surface area contributed by atoms with Gasteiger partial charge >= 0.3 is 6.09 Å². The number of hydrogen-bond donors (Lipinski definition) is 6. The van der Waals surface area contributed by atoms with Crippen LogP contribution < -0.4 is 41.5 Å². The number of anilines is 2. The van der Waals surface area contributed by atoms with Gasteiger partial charge in [-0.25, -0.2) is 19.7 Å². The summed E-state index contributed by atoms with van der Waals surface area (Å²) in [5.41, 5.74) is 9.15. The number of amides is 3. The summed E-state index contributed by atoms with van der Waals surface area (Å²) in [6, 6.07) is 20.3. The molecule has 4 heterocycles. The average molecular weight is 965 g/mol. The van der Waals surface area contributed by atoms with Crippen LogP contribution in [-0.4, -0.2) is 102 Å². The van der Waals surface area contributed by atoms with Crippen LogP contribution in [0.1, 0.15) is 88.4 Å². The molecule has 4 aromatic carbocycles. The van der Waals surface area contributed by atoms with Gasteiger partial charge < -0.3 is 46.1 Å². The van der Waals surface area contributed by atoms with Gasteiger partial charge in [0.2, 0.25) is 17.4 Å². The van der Waals surface area contributed by atoms with Crippen molar-refractivity contribution >= 4 is 46.4 Å². The van der Waals surface area contributed by atoms with Crippen LogP contribution >= 0.6 is 0 Å². The van der Waals surface area contributed by atoms with Crippen molar-refractivity contribution in [3.8, 4) is 45.8 Å². The molecule has 0 spiro atoms. The van der Waals surface area contributed by atoms with Gasteiger partial charge in [0.1, 0.15) is 28.6 Å². The molecule has 71 heavy (non-hydrogen) atoms. The van der Waals surface area contributed by atoms with Crippen molar-refractivity contribution in [2.45, 2.75) is 58.9 Å². The van der Waals surface area contributed by atoms with E-state index in [1.54, 1.807) is 55.5 Å². The molecule has 21 heteroatoms. The number of carbonyl (C=O) groups excluding carboxylic acids is 4. The van der Waals surface area contributed by atoms with Crippen LogP contribution in [0.25, 0.3) is 28.0 Å². The largest absolute Gasteiger partial charge is 0.508 e. The van der Waals surface area contributed by atoms with E-state index in [0.717, 1.165) is 16.8 Å². The van der Waals surface area contributed by atoms with Gasteiger partial charge in [-0.2, -0.15) is 4.99 Å². The molecule has 7 N–H and O–H groups in total. The Morgan fingerprint density at radius 1 is 0.915 bits per heavy atom. The Balaban J connectivity index is 0.813. The number of ether oxygens (including phenoxy) is 3. The Bertz CT molecular complexity index is 3190. The minimum Gasteiger partial charge on any atom is -0.508 e. The number of phenols is 2. The third kappa shape index (κ3) is 10.9. The van der Waals surface area contributed by atoms with Crippen LogP contribution in [0.2, 0.25) is 0 Å². The fraction of sp³-hybridized carbons (Fsp3) is 0.280. The van der Waals surface area contributed by atoms with E-state index in [9.17, 15) is 29.4 Å². The van der Waals surface area contributed by atoms with E-state index in [0.29, 0.717) is 78.5 Å². The van der Waals surface area contributed by atoms with Crippen molar-refractivity contribution in [2.24, 2.45) is 4.99 Å². The first-order chi connectivity index (χ1) is 34.3. The minimum absolute atomic E-state index is 0.00876. The lowest BCUT2D eigenvalue weighted by atomic mass is 9.98. The maximum absolute atomic E-state index is 13.3. The summed E-state index contributed by atoms with van der Waals surface area (Å²) in [6.07, 6.45) is 3.88. The number of nitrogens with two attached hydrogens (primary N) is 1. The average Bonchev–Trinajstić information content (AvgIpc) is 4.04. The molecule has 8 rings (SSSR count). The Labute approximate surface area is 406 Å². The lowest BCUT2D eigenvalue weighted by Crippen LogP contribution is -2.28. The number of aromatic hydroxyl groups is 2. The molecule has 7 aromatic rings. The number of hydrogen-bond acceptors (Lipinski definition) is 16. The van der Waals surface area contributed by atoms with Gasteiger partial charge in [-0.1, -0.05) is 26.0 Å². The summed E-state index contributed by atoms with van der Waals surface area (Å²) in [7, 11) is 1.50. The molecule has 0 aliphatic carbocycles. The zero-order valence-electron chi connectivity index (χ0n) is 39.4. The van der Waals surface area contributed by atoms with Gasteiger partial charge in [-0.05, 0) is 97.8 Å². The van der Waals surface area contributed by atoms with Crippen molar-refractivity contribution < 1.29 is 43.6 Å². The second kappa shape index (κ2) is 21.6. The number of nitrogen functional groups attached to an aromatic ring is 1. The standard InChI is InChI=1S/C50H52N12O9/c1-5-52-47(67)45-60-59-44(36-24-35(28(2)3)38(64)25-39(36)65)62(45)32-14-12-30(13-15-32)37(63)9-6-8-29-10-16-33(17-11-29)71-50(68)54-20-7-23-70-40-19-18-34-41(42(40)69-4)57-49(61-22-21-53-43(34)61)58-46(66)31-26-55-48(51)56-27-31/h10-19,24-28,53,64-65H,5-9,20-23H2,1-4H3,(H,52,67)(H,54,68)(H2,51,55,56). The molecule has 0 fully saturated rings. The number of Topliss-reactive ketones (excluding diaryl/α,β-unsaturated/α-hetero) is 1. The smallest absolute Gasteiger partial charge is 0.412 e. The highest BCUT2D eigenvalue weighted by Crippen LogP contribution is 2.39. The van der Waals surface area contributed by atoms with Crippen molar-refractivity contribution in [1.82, 2.24) is 44.9 Å². The van der Waals surface area contributed by atoms with Crippen LogP contribution in [-0.2, 0) is 13.0 Å². The summed E-state index contributed by atoms with van der Waals surface area (Å²) in [5.74, 6) is 0.621. The molecule has 0 radical (unpaired) electrons. The highest BCUT2D eigenvalue weighted by atomic mass is 16.6. The number of aryl methyl sites for hydroxylation is 1. The molecule has 21 nitrogen and oxygen atoms in total. The zero-order chi connectivity index (χ0) is 50.2. The molecular formula is C50H52N12O9. The molecule has 0 saturated carbocycles. The number of rotatable bonds is 18. The molecule has 3 aromatic heterocycles. The number of benzene rings is 4. The maximum Gasteiger partial charge on any atom is 0.412 e. The molecule has 1 aliphatic heterocycles. The topological polar surface area (TPSA) is 285 Å². The first kappa shape index (κ1) is 48.6. The van der Waals surface area contributed by atoms with Crippen molar-refractivity contribution in [1.29, 1.82) is 0 Å². The maximum atomic E-state index is 13.3. The number of nitrogens with zero attached hydrogens (tertiary/aromatic N) is 8. The van der Waals surface area contributed by atoms with Gasteiger partial charge in [-0.3, -0.25) is 23.5 Å². The molecule has 0 saturated heterocycles. The summed E-state index contributed by atoms with van der Waals surface area (Å²) in [4.78, 5) is 68.6. The number of aromatic nitrogens is 7. The second-order valence-electron chi connectivity index (χ2n) is 16.7. The molecule has 0 unspecified atom stereocenters. The number of carbonyl (C=O) groups is 4. The Morgan fingerprint density at radius 3 is 2.39 bits per heavy atom. The Hall–Kier alpha value is -8.88. The Morgan fingerprint density at radius 2 is 1.68 bits per heavy atom. The van der Waals surface area contributed by atoms with Gasteiger partial charge in [-0.15, -0.1) is 10.2 Å². The number of nitrogens with one attached hydrogen (secondary N) is 3. The van der Waals surface area contributed by atoms with Gasteiger partial charge in [0.15, 0.2) is 23.1 Å². The van der Waals surface area contributed by atoms with Crippen LogP contribution in [0.15, 0.2) is 90.2 Å². The third-order valence-electron chi connectivity index (χ3n) is 11.5. The number of ketones is 1. The fourth-order valence-electron chi connectivity index (χ4n) is 7.98. The van der Waals surface area contributed by atoms with E-state index in [4.69, 9.17) is 24.9 Å². The predicted octanol–water partition coefficient (Wildman–Crippen LogP) is 5.88. The summed E-state index contributed by atoms with van der Waals surface area (Å²) >= 11 is 0. The van der Waals surface area contributed by atoms with Gasteiger partial charge in [0, 0.05) is 67.7 Å². The van der Waals surface area contributed by atoms with E-state index in [1.807, 2.05) is 36.6 Å². The van der Waals surface area contributed by atoms with Crippen LogP contribution in [0.3, 0.4) is 0 Å². The highest BCUT2D eigenvalue weighted by molar-refractivity contribution is 5.97. The van der Waals surface area contributed by atoms with Crippen LogP contribution in [0.4, 0.5) is 16.6 Å². The first-order valence-corrected chi connectivity index (χ1v) is 23.0. The first-order valence-electron chi connectivity index (χ1n) is 23.0. The SMILES string of the molecule is CCNC(=O)c1nnc(-c2cc(C(C)C)c(O)cc2O)n1-c1ccc(C(=O)CCCc2ccc(OC(=O)NCCCOc3ccc4c5n(c(=NC(=O)c6cnc(N)nc6)nc4c3OC)CCN5)cc2)cc1. The summed E-state index contributed by atoms with van der Waals surface area (Å²) in [5, 5.41) is 39.2. The molecular weight excluding hydrogens is 913 g/mol. The van der Waals surface area contributed by atoms with Crippen LogP contribution in [0.5, 0.6) is 28.7 Å².